The van der Waals surface area contributed by atoms with Gasteiger partial charge in [0, 0.05) is 27.6 Å². The molecule has 0 aliphatic rings. The average Bonchev–Trinajstić information content (AvgIpc) is 2.76. The van der Waals surface area contributed by atoms with Crippen LogP contribution in [0.25, 0.3) is 0 Å². The molecule has 0 spiro atoms. The molecule has 0 radical (unpaired) electrons. The van der Waals surface area contributed by atoms with E-state index in [9.17, 15) is 5.11 Å². The second-order valence-corrected chi connectivity index (χ2v) is 4.56. The van der Waals surface area contributed by atoms with Crippen molar-refractivity contribution in [1.82, 2.24) is 0 Å². The van der Waals surface area contributed by atoms with E-state index < -0.39 is 6.10 Å². The first-order valence-electron chi connectivity index (χ1n) is 5.32. The van der Waals surface area contributed by atoms with E-state index in [4.69, 9.17) is 27.6 Å². The second kappa shape index (κ2) is 5.13. The lowest BCUT2D eigenvalue weighted by Gasteiger charge is -2.12. The first-order valence-corrected chi connectivity index (χ1v) is 6.08. The van der Waals surface area contributed by atoms with Crippen LogP contribution in [0.4, 0.5) is 0 Å². The maximum absolute atomic E-state index is 10.3. The van der Waals surface area contributed by atoms with Crippen LogP contribution in [-0.2, 0) is 6.42 Å². The van der Waals surface area contributed by atoms with Crippen molar-refractivity contribution in [3.8, 4) is 0 Å². The first-order chi connectivity index (χ1) is 8.13. The molecule has 0 saturated heterocycles. The maximum atomic E-state index is 10.3. The van der Waals surface area contributed by atoms with Crippen LogP contribution < -0.4 is 0 Å². The van der Waals surface area contributed by atoms with Gasteiger partial charge in [0.05, 0.1) is 6.26 Å². The molecule has 2 nitrogen and oxygen atoms in total. The summed E-state index contributed by atoms with van der Waals surface area (Å²) in [5.41, 5.74) is 1.38. The van der Waals surface area contributed by atoms with Gasteiger partial charge in [-0.15, -0.1) is 0 Å². The van der Waals surface area contributed by atoms with E-state index in [0.29, 0.717) is 15.6 Å². The number of hydrogen-bond acceptors (Lipinski definition) is 2. The Hall–Kier alpha value is -0.960. The van der Waals surface area contributed by atoms with Gasteiger partial charge in [-0.1, -0.05) is 36.2 Å². The zero-order valence-electron chi connectivity index (χ0n) is 9.28. The molecule has 1 N–H and O–H groups in total. The summed E-state index contributed by atoms with van der Waals surface area (Å²) in [4.78, 5) is 0. The molecular formula is C13H12Cl2O2. The first kappa shape index (κ1) is 12.5. The van der Waals surface area contributed by atoms with Crippen molar-refractivity contribution in [1.29, 1.82) is 0 Å². The standard InChI is InChI=1S/C13H12Cl2O2/c1-2-12-10(5-6-17-12)13(16)9-4-3-8(14)7-11(9)15/h3-7,13,16H,2H2,1H3. The van der Waals surface area contributed by atoms with Gasteiger partial charge in [0.2, 0.25) is 0 Å². The summed E-state index contributed by atoms with van der Waals surface area (Å²) in [6.07, 6.45) is 1.51. The highest BCUT2D eigenvalue weighted by molar-refractivity contribution is 6.35. The fraction of sp³-hybridized carbons (Fsp3) is 0.231. The highest BCUT2D eigenvalue weighted by atomic mass is 35.5. The molecule has 17 heavy (non-hydrogen) atoms. The summed E-state index contributed by atoms with van der Waals surface area (Å²) >= 11 is 11.9. The van der Waals surface area contributed by atoms with Crippen molar-refractivity contribution in [2.24, 2.45) is 0 Å². The molecule has 1 heterocycles. The molecule has 0 fully saturated rings. The molecule has 1 unspecified atom stereocenters. The summed E-state index contributed by atoms with van der Waals surface area (Å²) < 4.78 is 5.29. The molecule has 1 aromatic heterocycles. The van der Waals surface area contributed by atoms with Crippen molar-refractivity contribution in [2.75, 3.05) is 0 Å². The van der Waals surface area contributed by atoms with Crippen LogP contribution in [0.3, 0.4) is 0 Å². The van der Waals surface area contributed by atoms with Crippen LogP contribution in [0.5, 0.6) is 0 Å². The lowest BCUT2D eigenvalue weighted by molar-refractivity contribution is 0.217. The van der Waals surface area contributed by atoms with Gasteiger partial charge in [-0.2, -0.15) is 0 Å². The van der Waals surface area contributed by atoms with Crippen molar-refractivity contribution in [2.45, 2.75) is 19.4 Å². The number of furan rings is 1. The summed E-state index contributed by atoms with van der Waals surface area (Å²) in [5, 5.41) is 11.3. The Balaban J connectivity index is 2.40. The predicted octanol–water partition coefficient (Wildman–Crippen LogP) is 4.23. The third-order valence-electron chi connectivity index (χ3n) is 2.65. The van der Waals surface area contributed by atoms with E-state index in [1.165, 1.54) is 0 Å². The van der Waals surface area contributed by atoms with Crippen LogP contribution in [0.2, 0.25) is 10.0 Å². The Morgan fingerprint density at radius 2 is 2.00 bits per heavy atom. The molecule has 0 aliphatic heterocycles. The molecule has 2 rings (SSSR count). The molecule has 1 atom stereocenters. The average molecular weight is 271 g/mol. The SMILES string of the molecule is CCc1occc1C(O)c1ccc(Cl)cc1Cl. The molecule has 0 amide bonds. The van der Waals surface area contributed by atoms with Gasteiger partial charge < -0.3 is 9.52 Å². The van der Waals surface area contributed by atoms with Gasteiger partial charge in [-0.05, 0) is 18.2 Å². The smallest absolute Gasteiger partial charge is 0.109 e. The number of aliphatic hydroxyl groups excluding tert-OH is 1. The lowest BCUT2D eigenvalue weighted by Crippen LogP contribution is -2.01. The van der Waals surface area contributed by atoms with Gasteiger partial charge >= 0.3 is 0 Å². The van der Waals surface area contributed by atoms with Gasteiger partial charge in [0.15, 0.2) is 0 Å². The molecule has 4 heteroatoms. The molecule has 0 bridgehead atoms. The second-order valence-electron chi connectivity index (χ2n) is 3.72. The van der Waals surface area contributed by atoms with E-state index in [1.807, 2.05) is 6.92 Å². The van der Waals surface area contributed by atoms with Crippen molar-refractivity contribution in [3.05, 3.63) is 57.5 Å². The zero-order chi connectivity index (χ0) is 12.4. The number of halogens is 2. The van der Waals surface area contributed by atoms with Crippen LogP contribution in [0, 0.1) is 0 Å². The van der Waals surface area contributed by atoms with Gasteiger partial charge in [0.25, 0.3) is 0 Å². The third-order valence-corrected chi connectivity index (χ3v) is 3.22. The fourth-order valence-electron chi connectivity index (χ4n) is 1.77. The fourth-order valence-corrected chi connectivity index (χ4v) is 2.28. The topological polar surface area (TPSA) is 33.4 Å². The highest BCUT2D eigenvalue weighted by Crippen LogP contribution is 2.32. The van der Waals surface area contributed by atoms with Gasteiger partial charge in [-0.3, -0.25) is 0 Å². The van der Waals surface area contributed by atoms with Crippen LogP contribution >= 0.6 is 23.2 Å². The molecular weight excluding hydrogens is 259 g/mol. The van der Waals surface area contributed by atoms with Crippen LogP contribution in [-0.4, -0.2) is 5.11 Å². The van der Waals surface area contributed by atoms with Crippen LogP contribution in [0.1, 0.15) is 29.9 Å². The van der Waals surface area contributed by atoms with Gasteiger partial charge in [-0.25, -0.2) is 0 Å². The van der Waals surface area contributed by atoms with E-state index >= 15 is 0 Å². The monoisotopic (exact) mass is 270 g/mol. The predicted molar refractivity (Wildman–Crippen MR) is 68.6 cm³/mol. The van der Waals surface area contributed by atoms with E-state index in [2.05, 4.69) is 0 Å². The lowest BCUT2D eigenvalue weighted by atomic mass is 10.0. The van der Waals surface area contributed by atoms with Crippen molar-refractivity contribution < 1.29 is 9.52 Å². The van der Waals surface area contributed by atoms with Crippen molar-refractivity contribution >= 4 is 23.2 Å². The largest absolute Gasteiger partial charge is 0.469 e. The number of aryl methyl sites for hydroxylation is 1. The molecule has 2 aromatic rings. The number of hydrogen-bond donors (Lipinski definition) is 1. The minimum Gasteiger partial charge on any atom is -0.469 e. The van der Waals surface area contributed by atoms with E-state index in [0.717, 1.165) is 17.7 Å². The summed E-state index contributed by atoms with van der Waals surface area (Å²) in [6.45, 7) is 1.97. The Morgan fingerprint density at radius 1 is 1.24 bits per heavy atom. The number of benzene rings is 1. The summed E-state index contributed by atoms with van der Waals surface area (Å²) in [6, 6.07) is 6.81. The number of aliphatic hydroxyl groups is 1. The molecule has 90 valence electrons. The third kappa shape index (κ3) is 2.49. The summed E-state index contributed by atoms with van der Waals surface area (Å²) in [7, 11) is 0. The molecule has 0 saturated carbocycles. The molecule has 1 aromatic carbocycles. The van der Waals surface area contributed by atoms with E-state index in [-0.39, 0.29) is 0 Å². The highest BCUT2D eigenvalue weighted by Gasteiger charge is 2.18. The Kier molecular flexibility index (Phi) is 3.77. The minimum absolute atomic E-state index is 0.452. The number of rotatable bonds is 3. The molecule has 0 aliphatic carbocycles. The van der Waals surface area contributed by atoms with Crippen molar-refractivity contribution in [3.63, 3.8) is 0 Å². The zero-order valence-corrected chi connectivity index (χ0v) is 10.8. The minimum atomic E-state index is -0.784. The Morgan fingerprint density at radius 3 is 2.65 bits per heavy atom. The summed E-state index contributed by atoms with van der Waals surface area (Å²) in [5.74, 6) is 0.767. The van der Waals surface area contributed by atoms with Gasteiger partial charge in [0.1, 0.15) is 11.9 Å². The maximum Gasteiger partial charge on any atom is 0.109 e. The Bertz CT molecular complexity index is 520. The quantitative estimate of drug-likeness (QED) is 0.906. The normalized spacial score (nSPS) is 12.7. The van der Waals surface area contributed by atoms with E-state index in [1.54, 1.807) is 30.5 Å². The Labute approximate surface area is 110 Å². The van der Waals surface area contributed by atoms with Crippen LogP contribution in [0.15, 0.2) is 34.9 Å².